The standard InChI is InChI=1S/C16H29N5/c1-4-7-17-15-14(3)16(20-12-19-15)18-10-13(2)11-21-8-5-6-9-21/h12-13H,4-11H2,1-3H3,(H2,17,18,19,20). The van der Waals surface area contributed by atoms with Gasteiger partial charge in [-0.15, -0.1) is 0 Å². The van der Waals surface area contributed by atoms with E-state index in [1.54, 1.807) is 6.33 Å². The third-order valence-corrected chi connectivity index (χ3v) is 4.01. The third-order valence-electron chi connectivity index (χ3n) is 4.01. The van der Waals surface area contributed by atoms with E-state index in [4.69, 9.17) is 0 Å². The molecule has 21 heavy (non-hydrogen) atoms. The van der Waals surface area contributed by atoms with Gasteiger partial charge in [0.05, 0.1) is 0 Å². The number of rotatable bonds is 8. The zero-order chi connectivity index (χ0) is 15.1. The molecule has 5 heteroatoms. The minimum atomic E-state index is 0.629. The van der Waals surface area contributed by atoms with Gasteiger partial charge in [-0.25, -0.2) is 9.97 Å². The molecule has 5 nitrogen and oxygen atoms in total. The van der Waals surface area contributed by atoms with Gasteiger partial charge in [0.15, 0.2) is 0 Å². The second-order valence-corrected chi connectivity index (χ2v) is 6.12. The largest absolute Gasteiger partial charge is 0.370 e. The third kappa shape index (κ3) is 4.84. The van der Waals surface area contributed by atoms with Crippen LogP contribution >= 0.6 is 0 Å². The lowest BCUT2D eigenvalue weighted by molar-refractivity contribution is 0.294. The zero-order valence-corrected chi connectivity index (χ0v) is 13.7. The highest BCUT2D eigenvalue weighted by Gasteiger charge is 2.15. The monoisotopic (exact) mass is 291 g/mol. The fourth-order valence-corrected chi connectivity index (χ4v) is 2.79. The van der Waals surface area contributed by atoms with E-state index in [0.29, 0.717) is 5.92 Å². The van der Waals surface area contributed by atoms with Gasteiger partial charge in [0.25, 0.3) is 0 Å². The molecule has 0 amide bonds. The van der Waals surface area contributed by atoms with Crippen LogP contribution in [0.3, 0.4) is 0 Å². The lowest BCUT2D eigenvalue weighted by Crippen LogP contribution is -2.29. The Kier molecular flexibility index (Phi) is 6.23. The van der Waals surface area contributed by atoms with E-state index in [2.05, 4.69) is 46.3 Å². The summed E-state index contributed by atoms with van der Waals surface area (Å²) >= 11 is 0. The van der Waals surface area contributed by atoms with Crippen molar-refractivity contribution < 1.29 is 0 Å². The number of nitrogens with zero attached hydrogens (tertiary/aromatic N) is 3. The van der Waals surface area contributed by atoms with Crippen molar-refractivity contribution in [3.63, 3.8) is 0 Å². The maximum atomic E-state index is 4.37. The average Bonchev–Trinajstić information content (AvgIpc) is 2.98. The Morgan fingerprint density at radius 1 is 1.19 bits per heavy atom. The van der Waals surface area contributed by atoms with Crippen LogP contribution in [0.25, 0.3) is 0 Å². The molecule has 1 aliphatic rings. The molecule has 1 unspecified atom stereocenters. The maximum Gasteiger partial charge on any atom is 0.134 e. The molecule has 1 aliphatic heterocycles. The summed E-state index contributed by atoms with van der Waals surface area (Å²) in [5.74, 6) is 2.53. The van der Waals surface area contributed by atoms with Crippen LogP contribution < -0.4 is 10.6 Å². The molecule has 2 heterocycles. The highest BCUT2D eigenvalue weighted by Crippen LogP contribution is 2.18. The Balaban J connectivity index is 1.84. The lowest BCUT2D eigenvalue weighted by Gasteiger charge is -2.21. The van der Waals surface area contributed by atoms with Gasteiger partial charge in [-0.3, -0.25) is 0 Å². The summed E-state index contributed by atoms with van der Waals surface area (Å²) in [6.07, 6.45) is 5.45. The molecule has 118 valence electrons. The van der Waals surface area contributed by atoms with Gasteiger partial charge in [0, 0.05) is 25.2 Å². The van der Waals surface area contributed by atoms with Gasteiger partial charge >= 0.3 is 0 Å². The lowest BCUT2D eigenvalue weighted by atomic mass is 10.1. The van der Waals surface area contributed by atoms with Gasteiger partial charge in [-0.05, 0) is 45.2 Å². The zero-order valence-electron chi connectivity index (χ0n) is 13.7. The van der Waals surface area contributed by atoms with Crippen LogP contribution in [0.1, 0.15) is 38.7 Å². The molecule has 1 atom stereocenters. The maximum absolute atomic E-state index is 4.37. The van der Waals surface area contributed by atoms with Crippen LogP contribution in [0.5, 0.6) is 0 Å². The molecule has 0 saturated carbocycles. The Morgan fingerprint density at radius 3 is 2.52 bits per heavy atom. The normalized spacial score (nSPS) is 16.9. The first kappa shape index (κ1) is 16.0. The van der Waals surface area contributed by atoms with E-state index in [0.717, 1.165) is 36.7 Å². The predicted octanol–water partition coefficient (Wildman–Crippen LogP) is 2.75. The van der Waals surface area contributed by atoms with E-state index in [1.807, 2.05) is 0 Å². The molecule has 1 aromatic heterocycles. The molecule has 2 N–H and O–H groups in total. The van der Waals surface area contributed by atoms with Crippen molar-refractivity contribution in [2.24, 2.45) is 5.92 Å². The molecule has 0 bridgehead atoms. The molecule has 0 aliphatic carbocycles. The van der Waals surface area contributed by atoms with Crippen molar-refractivity contribution in [3.8, 4) is 0 Å². The smallest absolute Gasteiger partial charge is 0.134 e. The van der Waals surface area contributed by atoms with Crippen molar-refractivity contribution >= 4 is 11.6 Å². The number of hydrogen-bond acceptors (Lipinski definition) is 5. The predicted molar refractivity (Wildman–Crippen MR) is 88.9 cm³/mol. The first-order chi connectivity index (χ1) is 10.2. The summed E-state index contributed by atoms with van der Waals surface area (Å²) in [5, 5.41) is 6.84. The molecular formula is C16H29N5. The second kappa shape index (κ2) is 8.17. The van der Waals surface area contributed by atoms with E-state index >= 15 is 0 Å². The van der Waals surface area contributed by atoms with Crippen LogP contribution in [-0.4, -0.2) is 47.6 Å². The van der Waals surface area contributed by atoms with Crippen LogP contribution in [0.15, 0.2) is 6.33 Å². The Hall–Kier alpha value is -1.36. The van der Waals surface area contributed by atoms with Gasteiger partial charge in [-0.1, -0.05) is 13.8 Å². The molecule has 0 aromatic carbocycles. The fraction of sp³-hybridized carbons (Fsp3) is 0.750. The van der Waals surface area contributed by atoms with Crippen molar-refractivity contribution in [2.45, 2.75) is 40.0 Å². The molecule has 1 fully saturated rings. The van der Waals surface area contributed by atoms with E-state index in [1.165, 1.54) is 32.5 Å². The average molecular weight is 291 g/mol. The van der Waals surface area contributed by atoms with Gasteiger partial charge in [-0.2, -0.15) is 0 Å². The summed E-state index contributed by atoms with van der Waals surface area (Å²) in [6, 6.07) is 0. The Morgan fingerprint density at radius 2 is 1.86 bits per heavy atom. The molecular weight excluding hydrogens is 262 g/mol. The van der Waals surface area contributed by atoms with Crippen LogP contribution in [0.2, 0.25) is 0 Å². The highest BCUT2D eigenvalue weighted by molar-refractivity contribution is 5.56. The number of aromatic nitrogens is 2. The van der Waals surface area contributed by atoms with E-state index in [-0.39, 0.29) is 0 Å². The van der Waals surface area contributed by atoms with Gasteiger partial charge < -0.3 is 15.5 Å². The molecule has 1 aromatic rings. The van der Waals surface area contributed by atoms with Crippen molar-refractivity contribution in [2.75, 3.05) is 43.4 Å². The van der Waals surface area contributed by atoms with Crippen LogP contribution in [-0.2, 0) is 0 Å². The summed E-state index contributed by atoms with van der Waals surface area (Å²) in [4.78, 5) is 11.3. The first-order valence-corrected chi connectivity index (χ1v) is 8.22. The second-order valence-electron chi connectivity index (χ2n) is 6.12. The van der Waals surface area contributed by atoms with Gasteiger partial charge in [0.2, 0.25) is 0 Å². The van der Waals surface area contributed by atoms with E-state index < -0.39 is 0 Å². The van der Waals surface area contributed by atoms with Crippen LogP contribution in [0.4, 0.5) is 11.6 Å². The Bertz CT molecular complexity index is 429. The summed E-state index contributed by atoms with van der Waals surface area (Å²) < 4.78 is 0. The molecule has 0 radical (unpaired) electrons. The number of hydrogen-bond donors (Lipinski definition) is 2. The quantitative estimate of drug-likeness (QED) is 0.771. The number of nitrogens with one attached hydrogen (secondary N) is 2. The molecule has 2 rings (SSSR count). The summed E-state index contributed by atoms with van der Waals surface area (Å²) in [5.41, 5.74) is 1.11. The summed E-state index contributed by atoms with van der Waals surface area (Å²) in [6.45, 7) is 12.2. The fourth-order valence-electron chi connectivity index (χ4n) is 2.79. The Labute approximate surface area is 128 Å². The van der Waals surface area contributed by atoms with E-state index in [9.17, 15) is 0 Å². The van der Waals surface area contributed by atoms with Crippen molar-refractivity contribution in [1.82, 2.24) is 14.9 Å². The highest BCUT2D eigenvalue weighted by atomic mass is 15.1. The minimum absolute atomic E-state index is 0.629. The number of anilines is 2. The first-order valence-electron chi connectivity index (χ1n) is 8.22. The topological polar surface area (TPSA) is 53.1 Å². The minimum Gasteiger partial charge on any atom is -0.370 e. The molecule has 0 spiro atoms. The van der Waals surface area contributed by atoms with Crippen molar-refractivity contribution in [1.29, 1.82) is 0 Å². The van der Waals surface area contributed by atoms with Crippen molar-refractivity contribution in [3.05, 3.63) is 11.9 Å². The number of likely N-dealkylation sites (tertiary alicyclic amines) is 1. The SMILES string of the molecule is CCCNc1ncnc(NCC(C)CN2CCCC2)c1C. The van der Waals surface area contributed by atoms with Crippen LogP contribution in [0, 0.1) is 12.8 Å². The van der Waals surface area contributed by atoms with Gasteiger partial charge in [0.1, 0.15) is 18.0 Å². The molecule has 1 saturated heterocycles. The summed E-state index contributed by atoms with van der Waals surface area (Å²) in [7, 11) is 0.